The molecule has 0 saturated heterocycles. The molecule has 1 atom stereocenters. The topological polar surface area (TPSA) is 52.3 Å². The van der Waals surface area contributed by atoms with Gasteiger partial charge >= 0.3 is 5.97 Å². The maximum atomic E-state index is 13.1. The molecule has 0 saturated carbocycles. The maximum Gasteiger partial charge on any atom is 0.307 e. The smallest absolute Gasteiger partial charge is 0.307 e. The van der Waals surface area contributed by atoms with Gasteiger partial charge in [0.25, 0.3) is 0 Å². The Bertz CT molecular complexity index is 388. The summed E-state index contributed by atoms with van der Waals surface area (Å²) < 4.78 is 17.9. The van der Waals surface area contributed by atoms with Crippen molar-refractivity contribution in [3.8, 4) is 0 Å². The zero-order valence-electron chi connectivity index (χ0n) is 9.28. The highest BCUT2D eigenvalue weighted by Gasteiger charge is 2.16. The van der Waals surface area contributed by atoms with Gasteiger partial charge in [0.2, 0.25) is 0 Å². The molecule has 0 aliphatic carbocycles. The molecule has 0 spiro atoms. The van der Waals surface area contributed by atoms with Gasteiger partial charge < -0.3 is 10.5 Å². The molecule has 0 amide bonds. The van der Waals surface area contributed by atoms with Crippen LogP contribution in [0.2, 0.25) is 5.02 Å². The lowest BCUT2D eigenvalue weighted by atomic mass is 10.0. The summed E-state index contributed by atoms with van der Waals surface area (Å²) in [6.45, 7) is 2.00. The molecule has 17 heavy (non-hydrogen) atoms. The molecule has 0 fully saturated rings. The van der Waals surface area contributed by atoms with E-state index in [9.17, 15) is 9.18 Å². The zero-order valence-corrected chi connectivity index (χ0v) is 10.9. The number of esters is 1. The molecule has 0 aromatic heterocycles. The molecule has 0 unspecified atom stereocenters. The quantitative estimate of drug-likeness (QED) is 0.864. The molecule has 96 valence electrons. The van der Waals surface area contributed by atoms with E-state index in [0.717, 1.165) is 0 Å². The van der Waals surface area contributed by atoms with Crippen molar-refractivity contribution in [1.29, 1.82) is 0 Å². The summed E-state index contributed by atoms with van der Waals surface area (Å²) >= 11 is 5.74. The lowest BCUT2D eigenvalue weighted by molar-refractivity contribution is -0.143. The third-order valence-corrected chi connectivity index (χ3v) is 2.47. The van der Waals surface area contributed by atoms with E-state index in [-0.39, 0.29) is 23.9 Å². The van der Waals surface area contributed by atoms with Gasteiger partial charge in [-0.1, -0.05) is 23.7 Å². The molecule has 0 heterocycles. The Morgan fingerprint density at radius 3 is 2.82 bits per heavy atom. The van der Waals surface area contributed by atoms with E-state index in [4.69, 9.17) is 22.1 Å². The summed E-state index contributed by atoms with van der Waals surface area (Å²) in [7, 11) is 0. The van der Waals surface area contributed by atoms with Crippen LogP contribution >= 0.6 is 24.0 Å². The lowest BCUT2D eigenvalue weighted by Crippen LogP contribution is -2.17. The molecule has 3 nitrogen and oxygen atoms in total. The molecule has 6 heteroatoms. The number of carbonyl (C=O) groups is 1. The summed E-state index contributed by atoms with van der Waals surface area (Å²) in [5, 5.41) is -0.0423. The van der Waals surface area contributed by atoms with Gasteiger partial charge in [-0.25, -0.2) is 4.39 Å². The first-order valence-corrected chi connectivity index (χ1v) is 5.29. The van der Waals surface area contributed by atoms with Gasteiger partial charge in [0.15, 0.2) is 0 Å². The second-order valence-electron chi connectivity index (χ2n) is 3.26. The third-order valence-electron chi connectivity index (χ3n) is 2.07. The van der Waals surface area contributed by atoms with Crippen LogP contribution in [0.15, 0.2) is 18.2 Å². The fourth-order valence-corrected chi connectivity index (χ4v) is 1.58. The largest absolute Gasteiger partial charge is 0.466 e. The van der Waals surface area contributed by atoms with Gasteiger partial charge in [-0.3, -0.25) is 4.79 Å². The highest BCUT2D eigenvalue weighted by Crippen LogP contribution is 2.26. The van der Waals surface area contributed by atoms with Gasteiger partial charge in [0, 0.05) is 6.04 Å². The molecule has 0 radical (unpaired) electrons. The fourth-order valence-electron chi connectivity index (χ4n) is 1.32. The van der Waals surface area contributed by atoms with Crippen LogP contribution in [0.4, 0.5) is 4.39 Å². The first-order chi connectivity index (χ1) is 7.56. The van der Waals surface area contributed by atoms with Crippen molar-refractivity contribution in [2.75, 3.05) is 6.61 Å². The molecular weight excluding hydrogens is 268 g/mol. The number of hydrogen-bond donors (Lipinski definition) is 1. The molecule has 0 aliphatic rings. The Morgan fingerprint density at radius 2 is 2.24 bits per heavy atom. The Morgan fingerprint density at radius 1 is 1.59 bits per heavy atom. The highest BCUT2D eigenvalue weighted by atomic mass is 35.5. The average molecular weight is 282 g/mol. The summed E-state index contributed by atoms with van der Waals surface area (Å²) in [6, 6.07) is 3.68. The first-order valence-electron chi connectivity index (χ1n) is 4.91. The van der Waals surface area contributed by atoms with E-state index in [1.54, 1.807) is 13.0 Å². The Hall–Kier alpha value is -0.840. The number of halogens is 3. The van der Waals surface area contributed by atoms with Crippen LogP contribution < -0.4 is 5.73 Å². The minimum atomic E-state index is -0.651. The molecule has 2 N–H and O–H groups in total. The Kier molecular flexibility index (Phi) is 7.11. The SMILES string of the molecule is CCOC(=O)C[C@H](N)c1cccc(F)c1Cl.Cl. The third kappa shape index (κ3) is 4.50. The number of rotatable bonds is 4. The molecular formula is C11H14Cl2FNO2. The summed E-state index contributed by atoms with van der Waals surface area (Å²) in [5.74, 6) is -0.964. The van der Waals surface area contributed by atoms with Gasteiger partial charge in [0.1, 0.15) is 5.82 Å². The number of nitrogens with two attached hydrogens (primary N) is 1. The van der Waals surface area contributed by atoms with E-state index in [0.29, 0.717) is 12.2 Å². The van der Waals surface area contributed by atoms with Crippen molar-refractivity contribution in [3.63, 3.8) is 0 Å². The second-order valence-corrected chi connectivity index (χ2v) is 3.64. The number of hydrogen-bond acceptors (Lipinski definition) is 3. The first kappa shape index (κ1) is 16.2. The molecule has 1 aromatic rings. The minimum absolute atomic E-state index is 0. The number of ether oxygens (including phenoxy) is 1. The Balaban J connectivity index is 0.00000256. The van der Waals surface area contributed by atoms with E-state index in [2.05, 4.69) is 0 Å². The van der Waals surface area contributed by atoms with Crippen LogP contribution in [0.3, 0.4) is 0 Å². The van der Waals surface area contributed by atoms with E-state index in [1.807, 2.05) is 0 Å². The summed E-state index contributed by atoms with van der Waals surface area (Å²) in [6.07, 6.45) is -0.0169. The van der Waals surface area contributed by atoms with Crippen molar-refractivity contribution < 1.29 is 13.9 Å². The average Bonchev–Trinajstić information content (AvgIpc) is 2.22. The predicted molar refractivity (Wildman–Crippen MR) is 66.8 cm³/mol. The zero-order chi connectivity index (χ0) is 12.1. The predicted octanol–water partition coefficient (Wildman–Crippen LogP) is 2.85. The summed E-state index contributed by atoms with van der Waals surface area (Å²) in [5.41, 5.74) is 6.16. The summed E-state index contributed by atoms with van der Waals surface area (Å²) in [4.78, 5) is 11.2. The minimum Gasteiger partial charge on any atom is -0.466 e. The maximum absolute atomic E-state index is 13.1. The van der Waals surface area contributed by atoms with Crippen LogP contribution in [0.25, 0.3) is 0 Å². The molecule has 0 bridgehead atoms. The van der Waals surface area contributed by atoms with E-state index in [1.165, 1.54) is 12.1 Å². The van der Waals surface area contributed by atoms with Crippen molar-refractivity contribution in [1.82, 2.24) is 0 Å². The fraction of sp³-hybridized carbons (Fsp3) is 0.364. The Labute approximate surface area is 110 Å². The van der Waals surface area contributed by atoms with Crippen molar-refractivity contribution in [3.05, 3.63) is 34.6 Å². The van der Waals surface area contributed by atoms with Gasteiger partial charge in [-0.2, -0.15) is 0 Å². The van der Waals surface area contributed by atoms with Crippen LogP contribution in [0.1, 0.15) is 24.9 Å². The van der Waals surface area contributed by atoms with E-state index >= 15 is 0 Å². The second kappa shape index (κ2) is 7.48. The molecule has 0 aliphatic heterocycles. The van der Waals surface area contributed by atoms with Gasteiger partial charge in [-0.15, -0.1) is 12.4 Å². The molecule has 1 rings (SSSR count). The highest BCUT2D eigenvalue weighted by molar-refractivity contribution is 6.31. The number of benzene rings is 1. The van der Waals surface area contributed by atoms with Gasteiger partial charge in [-0.05, 0) is 18.6 Å². The number of carbonyl (C=O) groups excluding carboxylic acids is 1. The lowest BCUT2D eigenvalue weighted by Gasteiger charge is -2.13. The van der Waals surface area contributed by atoms with Crippen molar-refractivity contribution in [2.24, 2.45) is 5.73 Å². The van der Waals surface area contributed by atoms with Crippen LogP contribution in [0, 0.1) is 5.82 Å². The monoisotopic (exact) mass is 281 g/mol. The van der Waals surface area contributed by atoms with Crippen LogP contribution in [-0.4, -0.2) is 12.6 Å². The normalized spacial score (nSPS) is 11.5. The van der Waals surface area contributed by atoms with Crippen LogP contribution in [0.5, 0.6) is 0 Å². The standard InChI is InChI=1S/C11H13ClFNO2.ClH/c1-2-16-10(15)6-9(14)7-4-3-5-8(13)11(7)12;/h3-5,9H,2,6,14H2,1H3;1H/t9-;/m0./s1. The van der Waals surface area contributed by atoms with E-state index < -0.39 is 17.8 Å². The van der Waals surface area contributed by atoms with Crippen molar-refractivity contribution in [2.45, 2.75) is 19.4 Å². The van der Waals surface area contributed by atoms with Crippen molar-refractivity contribution >= 4 is 30.0 Å². The van der Waals surface area contributed by atoms with Crippen LogP contribution in [-0.2, 0) is 9.53 Å². The molecule has 1 aromatic carbocycles. The van der Waals surface area contributed by atoms with Gasteiger partial charge in [0.05, 0.1) is 18.1 Å².